The van der Waals surface area contributed by atoms with Gasteiger partial charge >= 0.3 is 0 Å². The first-order chi connectivity index (χ1) is 17.6. The van der Waals surface area contributed by atoms with Gasteiger partial charge in [-0.25, -0.2) is 14.4 Å². The molecule has 1 atom stereocenters. The van der Waals surface area contributed by atoms with Crippen LogP contribution in [0.2, 0.25) is 0 Å². The fourth-order valence-electron chi connectivity index (χ4n) is 5.22. The zero-order chi connectivity index (χ0) is 24.9. The summed E-state index contributed by atoms with van der Waals surface area (Å²) in [5, 5.41) is 3.16. The van der Waals surface area contributed by atoms with E-state index in [0.717, 1.165) is 87.1 Å². The van der Waals surface area contributed by atoms with E-state index in [4.69, 9.17) is 4.74 Å². The number of rotatable bonds is 8. The van der Waals surface area contributed by atoms with Crippen LogP contribution in [-0.4, -0.2) is 41.6 Å². The van der Waals surface area contributed by atoms with Gasteiger partial charge in [0.2, 0.25) is 11.9 Å². The highest BCUT2D eigenvalue weighted by Crippen LogP contribution is 2.33. The van der Waals surface area contributed by atoms with Crippen LogP contribution in [0.1, 0.15) is 69.4 Å². The van der Waals surface area contributed by atoms with Gasteiger partial charge in [-0.05, 0) is 92.5 Å². The summed E-state index contributed by atoms with van der Waals surface area (Å²) in [5.41, 5.74) is 3.15. The van der Waals surface area contributed by atoms with Crippen molar-refractivity contribution in [1.82, 2.24) is 15.3 Å². The Hall–Kier alpha value is -2.96. The normalized spacial score (nSPS) is 21.0. The molecule has 1 aromatic heterocycles. The number of ether oxygens (including phenoxy) is 1. The minimum Gasteiger partial charge on any atom is -0.490 e. The molecule has 1 saturated heterocycles. The summed E-state index contributed by atoms with van der Waals surface area (Å²) in [6, 6.07) is 5.65. The molecule has 1 N–H and O–H groups in total. The zero-order valence-electron chi connectivity index (χ0n) is 21.2. The standard InChI is InChI=1S/C29H37FN4O2/c1-2-20-17-31-29(32-18-20)34-14-12-21(13-15-34)19-36-27-11-10-24(16-26(27)30)22-6-8-23(9-7-22)28(35)33-25-4-3-5-25/h6,10-11,16-18,21,23,25H,2-5,7-9,12-15,19H2,1H3,(H,33,35). The fourth-order valence-corrected chi connectivity index (χ4v) is 5.22. The molecule has 5 rings (SSSR count). The van der Waals surface area contributed by atoms with Crippen LogP contribution >= 0.6 is 0 Å². The van der Waals surface area contributed by atoms with E-state index in [2.05, 4.69) is 33.2 Å². The Bertz CT molecular complexity index is 1080. The Labute approximate surface area is 213 Å². The van der Waals surface area contributed by atoms with Crippen molar-refractivity contribution < 1.29 is 13.9 Å². The first kappa shape index (κ1) is 24.7. The second-order valence-electron chi connectivity index (χ2n) is 10.5. The highest BCUT2D eigenvalue weighted by atomic mass is 19.1. The number of allylic oxidation sites excluding steroid dienone is 2. The van der Waals surface area contributed by atoms with Crippen LogP contribution in [0.5, 0.6) is 5.75 Å². The van der Waals surface area contributed by atoms with Gasteiger partial charge in [0.25, 0.3) is 0 Å². The Morgan fingerprint density at radius 1 is 1.14 bits per heavy atom. The molecule has 192 valence electrons. The molecule has 3 aliphatic rings. The van der Waals surface area contributed by atoms with Crippen LogP contribution in [0.3, 0.4) is 0 Å². The largest absolute Gasteiger partial charge is 0.490 e. The maximum Gasteiger partial charge on any atom is 0.225 e. The lowest BCUT2D eigenvalue weighted by Gasteiger charge is -2.31. The first-order valence-corrected chi connectivity index (χ1v) is 13.6. The molecule has 1 saturated carbocycles. The van der Waals surface area contributed by atoms with E-state index in [1.54, 1.807) is 12.1 Å². The molecule has 6 nitrogen and oxygen atoms in total. The summed E-state index contributed by atoms with van der Waals surface area (Å²) in [6.45, 7) is 4.38. The smallest absolute Gasteiger partial charge is 0.225 e. The van der Waals surface area contributed by atoms with Crippen LogP contribution in [0.15, 0.2) is 36.7 Å². The lowest BCUT2D eigenvalue weighted by Crippen LogP contribution is -2.42. The maximum atomic E-state index is 14.9. The molecule has 1 aliphatic heterocycles. The number of halogens is 1. The summed E-state index contributed by atoms with van der Waals surface area (Å²) >= 11 is 0. The molecular formula is C29H37FN4O2. The third-order valence-electron chi connectivity index (χ3n) is 8.01. The number of benzene rings is 1. The number of carbonyl (C=O) groups is 1. The Morgan fingerprint density at radius 2 is 1.92 bits per heavy atom. The minimum absolute atomic E-state index is 0.0375. The second kappa shape index (κ2) is 11.4. The number of amides is 1. The molecule has 2 fully saturated rings. The van der Waals surface area contributed by atoms with E-state index in [1.165, 1.54) is 6.42 Å². The predicted molar refractivity (Wildman–Crippen MR) is 139 cm³/mol. The number of anilines is 1. The SMILES string of the molecule is CCc1cnc(N2CCC(COc3ccc(C4=CCC(C(=O)NC5CCC5)CC4)cc3F)CC2)nc1. The van der Waals surface area contributed by atoms with Crippen molar-refractivity contribution in [3.05, 3.63) is 53.6 Å². The quantitative estimate of drug-likeness (QED) is 0.540. The number of aryl methyl sites for hydroxylation is 1. The van der Waals surface area contributed by atoms with E-state index in [9.17, 15) is 9.18 Å². The average molecular weight is 493 g/mol. The Balaban J connectivity index is 1.09. The van der Waals surface area contributed by atoms with Gasteiger partial charge in [0.15, 0.2) is 11.6 Å². The third kappa shape index (κ3) is 5.88. The maximum absolute atomic E-state index is 14.9. The monoisotopic (exact) mass is 492 g/mol. The van der Waals surface area contributed by atoms with Crippen LogP contribution in [-0.2, 0) is 11.2 Å². The van der Waals surface area contributed by atoms with Crippen molar-refractivity contribution in [2.75, 3.05) is 24.6 Å². The van der Waals surface area contributed by atoms with Gasteiger partial charge in [-0.15, -0.1) is 0 Å². The number of nitrogens with one attached hydrogen (secondary N) is 1. The van der Waals surface area contributed by atoms with Crippen molar-refractivity contribution in [2.24, 2.45) is 11.8 Å². The summed E-state index contributed by atoms with van der Waals surface area (Å²) in [6.07, 6.45) is 14.6. The number of aromatic nitrogens is 2. The van der Waals surface area contributed by atoms with Crippen molar-refractivity contribution >= 4 is 17.4 Å². The Kier molecular flexibility index (Phi) is 7.83. The van der Waals surface area contributed by atoms with E-state index in [0.29, 0.717) is 24.3 Å². The summed E-state index contributed by atoms with van der Waals surface area (Å²) < 4.78 is 20.8. The topological polar surface area (TPSA) is 67.4 Å². The van der Waals surface area contributed by atoms with Gasteiger partial charge in [-0.3, -0.25) is 4.79 Å². The van der Waals surface area contributed by atoms with E-state index >= 15 is 0 Å². The van der Waals surface area contributed by atoms with Gasteiger partial charge in [0.05, 0.1) is 6.61 Å². The zero-order valence-corrected chi connectivity index (χ0v) is 21.2. The Morgan fingerprint density at radius 3 is 2.53 bits per heavy atom. The molecule has 1 amide bonds. The minimum atomic E-state index is -0.319. The van der Waals surface area contributed by atoms with Gasteiger partial charge in [-0.2, -0.15) is 0 Å². The van der Waals surface area contributed by atoms with Crippen molar-refractivity contribution in [3.63, 3.8) is 0 Å². The molecule has 0 bridgehead atoms. The van der Waals surface area contributed by atoms with Crippen LogP contribution in [0.4, 0.5) is 10.3 Å². The van der Waals surface area contributed by atoms with Crippen LogP contribution < -0.4 is 15.0 Å². The third-order valence-corrected chi connectivity index (χ3v) is 8.01. The molecule has 0 spiro atoms. The molecule has 7 heteroatoms. The number of nitrogens with zero attached hydrogens (tertiary/aromatic N) is 3. The van der Waals surface area contributed by atoms with Crippen molar-refractivity contribution in [3.8, 4) is 5.75 Å². The predicted octanol–water partition coefficient (Wildman–Crippen LogP) is 5.33. The molecule has 2 aliphatic carbocycles. The summed E-state index contributed by atoms with van der Waals surface area (Å²) in [5.74, 6) is 1.39. The molecule has 2 heterocycles. The first-order valence-electron chi connectivity index (χ1n) is 13.6. The highest BCUT2D eigenvalue weighted by Gasteiger charge is 2.27. The lowest BCUT2D eigenvalue weighted by atomic mass is 9.85. The molecule has 36 heavy (non-hydrogen) atoms. The average Bonchev–Trinajstić information content (AvgIpc) is 2.90. The molecule has 1 aromatic carbocycles. The van der Waals surface area contributed by atoms with E-state index in [-0.39, 0.29) is 17.6 Å². The van der Waals surface area contributed by atoms with Crippen LogP contribution in [0.25, 0.3) is 5.57 Å². The van der Waals surface area contributed by atoms with Gasteiger partial charge < -0.3 is 15.0 Å². The molecular weight excluding hydrogens is 455 g/mol. The second-order valence-corrected chi connectivity index (χ2v) is 10.5. The van der Waals surface area contributed by atoms with Crippen LogP contribution in [0, 0.1) is 17.7 Å². The van der Waals surface area contributed by atoms with Gasteiger partial charge in [-0.1, -0.05) is 19.1 Å². The number of hydrogen-bond donors (Lipinski definition) is 1. The number of hydrogen-bond acceptors (Lipinski definition) is 5. The fraction of sp³-hybridized carbons (Fsp3) is 0.552. The lowest BCUT2D eigenvalue weighted by molar-refractivity contribution is -0.126. The number of carbonyl (C=O) groups excluding carboxylic acids is 1. The number of piperidine rings is 1. The van der Waals surface area contributed by atoms with Gasteiger partial charge in [0.1, 0.15) is 0 Å². The summed E-state index contributed by atoms with van der Waals surface area (Å²) in [4.78, 5) is 23.6. The van der Waals surface area contributed by atoms with Crippen molar-refractivity contribution in [1.29, 1.82) is 0 Å². The van der Waals surface area contributed by atoms with Crippen molar-refractivity contribution in [2.45, 2.75) is 70.8 Å². The molecule has 0 radical (unpaired) electrons. The molecule has 1 unspecified atom stereocenters. The van der Waals surface area contributed by atoms with E-state index in [1.807, 2.05) is 18.5 Å². The molecule has 2 aromatic rings. The van der Waals surface area contributed by atoms with Gasteiger partial charge in [0, 0.05) is 37.4 Å². The van der Waals surface area contributed by atoms with E-state index < -0.39 is 0 Å². The highest BCUT2D eigenvalue weighted by molar-refractivity contribution is 5.81. The summed E-state index contributed by atoms with van der Waals surface area (Å²) in [7, 11) is 0.